The van der Waals surface area contributed by atoms with E-state index in [0.29, 0.717) is 0 Å². The van der Waals surface area contributed by atoms with Gasteiger partial charge in [0.15, 0.2) is 0 Å². The minimum absolute atomic E-state index is 1.04. The van der Waals surface area contributed by atoms with Crippen LogP contribution in [0.5, 0.6) is 0 Å². The van der Waals surface area contributed by atoms with Crippen molar-refractivity contribution in [2.24, 2.45) is 0 Å². The molecule has 0 bridgehead atoms. The van der Waals surface area contributed by atoms with Gasteiger partial charge in [-0.1, -0.05) is 37.3 Å². The number of aryl methyl sites for hydroxylation is 1. The Morgan fingerprint density at radius 1 is 1.14 bits per heavy atom. The topological polar surface area (TPSA) is 12.9 Å². The van der Waals surface area contributed by atoms with Gasteiger partial charge in [-0.15, -0.1) is 0 Å². The van der Waals surface area contributed by atoms with Crippen LogP contribution in [0.4, 0.5) is 0 Å². The molecule has 0 unspecified atom stereocenters. The summed E-state index contributed by atoms with van der Waals surface area (Å²) in [7, 11) is 0. The predicted octanol–water partition coefficient (Wildman–Crippen LogP) is 3.11. The van der Waals surface area contributed by atoms with Gasteiger partial charge in [-0.3, -0.25) is 4.98 Å². The molecule has 1 radical (unpaired) electrons. The molecular formula is C13H12N. The monoisotopic (exact) mass is 182 g/mol. The second kappa shape index (κ2) is 4.05. The van der Waals surface area contributed by atoms with Gasteiger partial charge in [0.25, 0.3) is 0 Å². The largest absolute Gasteiger partial charge is 0.254 e. The Morgan fingerprint density at radius 2 is 2.00 bits per heavy atom. The lowest BCUT2D eigenvalue weighted by Gasteiger charge is -2.05. The lowest BCUT2D eigenvalue weighted by atomic mass is 10.00. The molecule has 0 aliphatic carbocycles. The first kappa shape index (κ1) is 8.95. The van der Waals surface area contributed by atoms with E-state index in [9.17, 15) is 0 Å². The molecule has 0 N–H and O–H groups in total. The summed E-state index contributed by atoms with van der Waals surface area (Å²) in [5.41, 5.74) is 3.66. The number of nitrogens with zero attached hydrogens (tertiary/aromatic N) is 1. The van der Waals surface area contributed by atoms with Crippen molar-refractivity contribution in [3.8, 4) is 11.1 Å². The van der Waals surface area contributed by atoms with Crippen LogP contribution in [0.1, 0.15) is 12.5 Å². The van der Waals surface area contributed by atoms with Crippen molar-refractivity contribution in [1.29, 1.82) is 0 Å². The van der Waals surface area contributed by atoms with E-state index in [1.807, 2.05) is 12.1 Å². The maximum Gasteiger partial charge on any atom is 0.0970 e. The molecule has 0 saturated carbocycles. The van der Waals surface area contributed by atoms with Gasteiger partial charge in [0.05, 0.1) is 6.20 Å². The van der Waals surface area contributed by atoms with E-state index in [-0.39, 0.29) is 0 Å². The summed E-state index contributed by atoms with van der Waals surface area (Å²) in [5.74, 6) is 0. The number of hydrogen-bond donors (Lipinski definition) is 0. The van der Waals surface area contributed by atoms with E-state index >= 15 is 0 Å². The third-order valence-electron chi connectivity index (χ3n) is 2.30. The van der Waals surface area contributed by atoms with Gasteiger partial charge < -0.3 is 0 Å². The van der Waals surface area contributed by atoms with Gasteiger partial charge in [-0.25, -0.2) is 0 Å². The molecule has 1 heterocycles. The van der Waals surface area contributed by atoms with E-state index < -0.39 is 0 Å². The fourth-order valence-corrected chi connectivity index (χ4v) is 1.57. The molecule has 1 aromatic carbocycles. The van der Waals surface area contributed by atoms with Gasteiger partial charge in [0, 0.05) is 11.8 Å². The summed E-state index contributed by atoms with van der Waals surface area (Å²) < 4.78 is 0. The third kappa shape index (κ3) is 1.67. The number of benzene rings is 1. The van der Waals surface area contributed by atoms with E-state index in [0.717, 1.165) is 12.0 Å². The van der Waals surface area contributed by atoms with Crippen molar-refractivity contribution in [3.63, 3.8) is 0 Å². The summed E-state index contributed by atoms with van der Waals surface area (Å²) in [4.78, 5) is 4.01. The van der Waals surface area contributed by atoms with Crippen molar-refractivity contribution < 1.29 is 0 Å². The van der Waals surface area contributed by atoms with Crippen LogP contribution in [0.3, 0.4) is 0 Å². The highest BCUT2D eigenvalue weighted by molar-refractivity contribution is 5.65. The van der Waals surface area contributed by atoms with Crippen LogP contribution in [-0.4, -0.2) is 4.98 Å². The molecule has 0 atom stereocenters. The van der Waals surface area contributed by atoms with Crippen LogP contribution in [0.2, 0.25) is 0 Å². The van der Waals surface area contributed by atoms with Crippen LogP contribution in [0.15, 0.2) is 42.6 Å². The van der Waals surface area contributed by atoms with Crippen LogP contribution in [-0.2, 0) is 6.42 Å². The standard InChI is InChI=1S/C13H12N/c1-2-11-6-3-4-8-13(11)12-7-5-9-14-10-12/h3-9H,2H2,1H3. The molecule has 1 nitrogen and oxygen atoms in total. The first-order valence-corrected chi connectivity index (χ1v) is 4.83. The zero-order valence-corrected chi connectivity index (χ0v) is 8.20. The molecule has 0 saturated heterocycles. The highest BCUT2D eigenvalue weighted by Crippen LogP contribution is 2.22. The average molecular weight is 182 g/mol. The molecule has 0 spiro atoms. The minimum atomic E-state index is 1.04. The third-order valence-corrected chi connectivity index (χ3v) is 2.30. The number of rotatable bonds is 2. The normalized spacial score (nSPS) is 10.1. The maximum absolute atomic E-state index is 4.01. The van der Waals surface area contributed by atoms with E-state index in [1.54, 1.807) is 6.20 Å². The Balaban J connectivity index is 2.51. The predicted molar refractivity (Wildman–Crippen MR) is 57.9 cm³/mol. The highest BCUT2D eigenvalue weighted by Gasteiger charge is 2.01. The number of aromatic nitrogens is 1. The maximum atomic E-state index is 4.01. The fraction of sp³-hybridized carbons (Fsp3) is 0.154. The number of pyridine rings is 1. The minimum Gasteiger partial charge on any atom is -0.254 e. The van der Waals surface area contributed by atoms with Crippen LogP contribution in [0, 0.1) is 6.20 Å². The van der Waals surface area contributed by atoms with Gasteiger partial charge in [-0.2, -0.15) is 0 Å². The molecule has 69 valence electrons. The molecule has 2 aromatic rings. The van der Waals surface area contributed by atoms with Crippen molar-refractivity contribution >= 4 is 0 Å². The summed E-state index contributed by atoms with van der Waals surface area (Å²) in [5, 5.41) is 0. The van der Waals surface area contributed by atoms with Crippen molar-refractivity contribution in [3.05, 3.63) is 54.4 Å². The van der Waals surface area contributed by atoms with E-state index in [1.165, 1.54) is 11.1 Å². The lowest BCUT2D eigenvalue weighted by Crippen LogP contribution is -1.87. The van der Waals surface area contributed by atoms with Gasteiger partial charge in [-0.05, 0) is 23.6 Å². The first-order valence-electron chi connectivity index (χ1n) is 4.83. The molecular weight excluding hydrogens is 170 g/mol. The molecule has 2 rings (SSSR count). The second-order valence-electron chi connectivity index (χ2n) is 3.17. The van der Waals surface area contributed by atoms with Crippen LogP contribution >= 0.6 is 0 Å². The fourth-order valence-electron chi connectivity index (χ4n) is 1.57. The zero-order valence-electron chi connectivity index (χ0n) is 8.20. The number of hydrogen-bond acceptors (Lipinski definition) is 1. The highest BCUT2D eigenvalue weighted by atomic mass is 14.6. The Kier molecular flexibility index (Phi) is 2.59. The molecule has 0 fully saturated rings. The lowest BCUT2D eigenvalue weighted by molar-refractivity contribution is 1.14. The molecule has 1 aromatic heterocycles. The van der Waals surface area contributed by atoms with Crippen LogP contribution < -0.4 is 0 Å². The first-order chi connectivity index (χ1) is 6.92. The molecule has 0 aliphatic rings. The molecule has 1 heteroatoms. The van der Waals surface area contributed by atoms with E-state index in [4.69, 9.17) is 0 Å². The second-order valence-corrected chi connectivity index (χ2v) is 3.17. The summed E-state index contributed by atoms with van der Waals surface area (Å²) in [6.45, 7) is 2.16. The Labute approximate surface area is 84.4 Å². The smallest absolute Gasteiger partial charge is 0.0970 e. The molecule has 0 aliphatic heterocycles. The van der Waals surface area contributed by atoms with E-state index in [2.05, 4.69) is 42.4 Å². The quantitative estimate of drug-likeness (QED) is 0.695. The zero-order chi connectivity index (χ0) is 9.80. The van der Waals surface area contributed by atoms with Gasteiger partial charge in [0.2, 0.25) is 0 Å². The Hall–Kier alpha value is -1.63. The van der Waals surface area contributed by atoms with Gasteiger partial charge >= 0.3 is 0 Å². The van der Waals surface area contributed by atoms with Crippen molar-refractivity contribution in [1.82, 2.24) is 4.98 Å². The van der Waals surface area contributed by atoms with Crippen LogP contribution in [0.25, 0.3) is 11.1 Å². The Morgan fingerprint density at radius 3 is 2.71 bits per heavy atom. The molecule has 14 heavy (non-hydrogen) atoms. The summed E-state index contributed by atoms with van der Waals surface area (Å²) in [6.07, 6.45) is 5.80. The van der Waals surface area contributed by atoms with Gasteiger partial charge in [0.1, 0.15) is 0 Å². The SMILES string of the molecule is CCc1ccccc1-c1[c]nccc1. The van der Waals surface area contributed by atoms with Crippen molar-refractivity contribution in [2.75, 3.05) is 0 Å². The summed E-state index contributed by atoms with van der Waals surface area (Å²) in [6, 6.07) is 12.4. The summed E-state index contributed by atoms with van der Waals surface area (Å²) >= 11 is 0. The van der Waals surface area contributed by atoms with Crippen molar-refractivity contribution in [2.45, 2.75) is 13.3 Å². The average Bonchev–Trinajstić information content (AvgIpc) is 2.30. The molecule has 0 amide bonds. The Bertz CT molecular complexity index is 407.